The van der Waals surface area contributed by atoms with Crippen LogP contribution in [0.1, 0.15) is 12.2 Å². The van der Waals surface area contributed by atoms with E-state index in [1.165, 1.54) is 22.7 Å². The van der Waals surface area contributed by atoms with Crippen LogP contribution in [-0.2, 0) is 13.6 Å². The van der Waals surface area contributed by atoms with Crippen LogP contribution in [0.3, 0.4) is 0 Å². The maximum atomic E-state index is 4.10. The maximum Gasteiger partial charge on any atom is 0.188 e. The minimum Gasteiger partial charge on any atom is -0.309 e. The second kappa shape index (κ2) is 4.75. The number of hydrogen-bond acceptors (Lipinski definition) is 5. The van der Waals surface area contributed by atoms with Gasteiger partial charge in [-0.1, -0.05) is 0 Å². The van der Waals surface area contributed by atoms with Crippen LogP contribution >= 0.6 is 11.8 Å². The van der Waals surface area contributed by atoms with Crippen LogP contribution in [0.2, 0.25) is 0 Å². The normalized spacial score (nSPS) is 21.6. The third kappa shape index (κ3) is 2.68. The number of aryl methyl sites for hydroxylation is 1. The number of rotatable bonds is 4. The van der Waals surface area contributed by atoms with E-state index in [9.17, 15) is 0 Å². The van der Waals surface area contributed by atoms with Crippen LogP contribution in [0.5, 0.6) is 0 Å². The summed E-state index contributed by atoms with van der Waals surface area (Å²) in [5, 5.41) is 15.2. The summed E-state index contributed by atoms with van der Waals surface area (Å²) in [7, 11) is 1.78. The molecule has 0 spiro atoms. The Morgan fingerprint density at radius 3 is 3.21 bits per heavy atom. The zero-order valence-corrected chi connectivity index (χ0v) is 9.13. The van der Waals surface area contributed by atoms with E-state index in [-0.39, 0.29) is 0 Å². The summed E-state index contributed by atoms with van der Waals surface area (Å²) in [6, 6.07) is 0. The second-order valence-corrected chi connectivity index (χ2v) is 4.71. The van der Waals surface area contributed by atoms with Crippen molar-refractivity contribution in [2.24, 2.45) is 13.0 Å². The molecule has 1 saturated heterocycles. The van der Waals surface area contributed by atoms with Crippen molar-refractivity contribution in [2.45, 2.75) is 13.0 Å². The number of thioether (sulfide) groups is 1. The molecule has 14 heavy (non-hydrogen) atoms. The van der Waals surface area contributed by atoms with E-state index >= 15 is 0 Å². The topological polar surface area (TPSA) is 55.6 Å². The molecule has 6 heteroatoms. The van der Waals surface area contributed by atoms with Crippen LogP contribution in [0.25, 0.3) is 0 Å². The van der Waals surface area contributed by atoms with Gasteiger partial charge in [-0.2, -0.15) is 16.6 Å². The SMILES string of the molecule is Cn1nnc(CNCC2CCSC2)n1. The monoisotopic (exact) mass is 213 g/mol. The van der Waals surface area contributed by atoms with E-state index in [4.69, 9.17) is 0 Å². The first-order valence-electron chi connectivity index (χ1n) is 4.86. The third-order valence-corrected chi connectivity index (χ3v) is 3.52. The van der Waals surface area contributed by atoms with Crippen molar-refractivity contribution in [3.8, 4) is 0 Å². The Hall–Kier alpha value is -0.620. The molecular formula is C8H15N5S. The predicted molar refractivity (Wildman–Crippen MR) is 55.9 cm³/mol. The lowest BCUT2D eigenvalue weighted by Crippen LogP contribution is -2.22. The van der Waals surface area contributed by atoms with Crippen molar-refractivity contribution in [2.75, 3.05) is 18.1 Å². The number of tetrazole rings is 1. The molecule has 1 aliphatic rings. The molecule has 0 amide bonds. The summed E-state index contributed by atoms with van der Waals surface area (Å²) < 4.78 is 0. The first-order valence-corrected chi connectivity index (χ1v) is 6.01. The minimum absolute atomic E-state index is 0.731. The highest BCUT2D eigenvalue weighted by Crippen LogP contribution is 2.22. The molecule has 0 aromatic carbocycles. The van der Waals surface area contributed by atoms with Gasteiger partial charge in [0.1, 0.15) is 0 Å². The van der Waals surface area contributed by atoms with E-state index in [1.54, 1.807) is 7.05 Å². The zero-order chi connectivity index (χ0) is 9.80. The molecule has 5 nitrogen and oxygen atoms in total. The Bertz CT molecular complexity index is 281. The third-order valence-electron chi connectivity index (χ3n) is 2.29. The Morgan fingerprint density at radius 1 is 1.64 bits per heavy atom. The fourth-order valence-electron chi connectivity index (χ4n) is 1.53. The maximum absolute atomic E-state index is 4.10. The molecule has 1 unspecified atom stereocenters. The fourth-order valence-corrected chi connectivity index (χ4v) is 2.81. The van der Waals surface area contributed by atoms with Gasteiger partial charge in [-0.05, 0) is 35.6 Å². The van der Waals surface area contributed by atoms with Crippen molar-refractivity contribution in [1.29, 1.82) is 0 Å². The molecule has 0 radical (unpaired) electrons. The van der Waals surface area contributed by atoms with Crippen molar-refractivity contribution >= 4 is 11.8 Å². The molecular weight excluding hydrogens is 198 g/mol. The minimum atomic E-state index is 0.731. The van der Waals surface area contributed by atoms with Gasteiger partial charge in [0.2, 0.25) is 0 Å². The van der Waals surface area contributed by atoms with Crippen molar-refractivity contribution in [3.05, 3.63) is 5.82 Å². The summed E-state index contributed by atoms with van der Waals surface area (Å²) in [5.41, 5.74) is 0. The average molecular weight is 213 g/mol. The second-order valence-electron chi connectivity index (χ2n) is 3.56. The van der Waals surface area contributed by atoms with Gasteiger partial charge in [-0.3, -0.25) is 0 Å². The highest BCUT2D eigenvalue weighted by molar-refractivity contribution is 7.99. The molecule has 0 aliphatic carbocycles. The first kappa shape index (κ1) is 9.92. The van der Waals surface area contributed by atoms with Crippen molar-refractivity contribution in [3.63, 3.8) is 0 Å². The van der Waals surface area contributed by atoms with E-state index < -0.39 is 0 Å². The Balaban J connectivity index is 1.67. The summed E-state index contributed by atoms with van der Waals surface area (Å²) in [4.78, 5) is 1.49. The first-order chi connectivity index (χ1) is 6.84. The molecule has 1 fully saturated rings. The molecule has 0 bridgehead atoms. The smallest absolute Gasteiger partial charge is 0.188 e. The fraction of sp³-hybridized carbons (Fsp3) is 0.875. The van der Waals surface area contributed by atoms with Crippen LogP contribution in [0.15, 0.2) is 0 Å². The summed E-state index contributed by atoms with van der Waals surface area (Å²) in [5.74, 6) is 4.21. The lowest BCUT2D eigenvalue weighted by atomic mass is 10.1. The van der Waals surface area contributed by atoms with E-state index in [0.717, 1.165) is 24.8 Å². The summed E-state index contributed by atoms with van der Waals surface area (Å²) >= 11 is 2.04. The lowest BCUT2D eigenvalue weighted by Gasteiger charge is -2.07. The number of aromatic nitrogens is 4. The van der Waals surface area contributed by atoms with Gasteiger partial charge in [0, 0.05) is 0 Å². The average Bonchev–Trinajstić information content (AvgIpc) is 2.77. The standard InChI is InChI=1S/C8H15N5S/c1-13-11-8(10-12-13)5-9-4-7-2-3-14-6-7/h7,9H,2-6H2,1H3. The van der Waals surface area contributed by atoms with Gasteiger partial charge in [0.05, 0.1) is 13.6 Å². The van der Waals surface area contributed by atoms with Gasteiger partial charge in [0.15, 0.2) is 5.82 Å². The van der Waals surface area contributed by atoms with Gasteiger partial charge in [0.25, 0.3) is 0 Å². The van der Waals surface area contributed by atoms with Crippen molar-refractivity contribution in [1.82, 2.24) is 25.5 Å². The summed E-state index contributed by atoms with van der Waals surface area (Å²) in [6.45, 7) is 1.81. The van der Waals surface area contributed by atoms with Crippen molar-refractivity contribution < 1.29 is 0 Å². The van der Waals surface area contributed by atoms with Gasteiger partial charge < -0.3 is 5.32 Å². The Kier molecular flexibility index (Phi) is 3.36. The number of nitrogens with zero attached hydrogens (tertiary/aromatic N) is 4. The highest BCUT2D eigenvalue weighted by atomic mass is 32.2. The highest BCUT2D eigenvalue weighted by Gasteiger charge is 2.14. The molecule has 0 saturated carbocycles. The molecule has 1 atom stereocenters. The zero-order valence-electron chi connectivity index (χ0n) is 8.31. The van der Waals surface area contributed by atoms with Gasteiger partial charge >= 0.3 is 0 Å². The number of hydrogen-bond donors (Lipinski definition) is 1. The van der Waals surface area contributed by atoms with Gasteiger partial charge in [-0.25, -0.2) is 0 Å². The molecule has 2 rings (SSSR count). The Morgan fingerprint density at radius 2 is 2.57 bits per heavy atom. The molecule has 1 aromatic rings. The predicted octanol–water partition coefficient (Wildman–Crippen LogP) is 0.0528. The molecule has 78 valence electrons. The van der Waals surface area contributed by atoms with Crippen LogP contribution in [-0.4, -0.2) is 38.3 Å². The van der Waals surface area contributed by atoms with Crippen LogP contribution < -0.4 is 5.32 Å². The Labute approximate surface area is 87.6 Å². The molecule has 1 N–H and O–H groups in total. The van der Waals surface area contributed by atoms with Gasteiger partial charge in [-0.15, -0.1) is 10.2 Å². The number of nitrogens with one attached hydrogen (secondary N) is 1. The quantitative estimate of drug-likeness (QED) is 0.766. The molecule has 1 aromatic heterocycles. The molecule has 1 aliphatic heterocycles. The summed E-state index contributed by atoms with van der Waals surface area (Å²) in [6.07, 6.45) is 1.34. The van der Waals surface area contributed by atoms with E-state index in [2.05, 4.69) is 20.7 Å². The van der Waals surface area contributed by atoms with E-state index in [0.29, 0.717) is 0 Å². The van der Waals surface area contributed by atoms with Crippen LogP contribution in [0, 0.1) is 5.92 Å². The van der Waals surface area contributed by atoms with E-state index in [1.807, 2.05) is 11.8 Å². The largest absolute Gasteiger partial charge is 0.309 e. The van der Waals surface area contributed by atoms with Crippen LogP contribution in [0.4, 0.5) is 0 Å². The lowest BCUT2D eigenvalue weighted by molar-refractivity contribution is 0.515. The molecule has 2 heterocycles.